The summed E-state index contributed by atoms with van der Waals surface area (Å²) in [5, 5.41) is 0.861. The number of aromatic nitrogens is 4. The fraction of sp³-hybridized carbons (Fsp3) is 0.174. The highest BCUT2D eigenvalue weighted by Crippen LogP contribution is 2.21. The van der Waals surface area contributed by atoms with E-state index >= 15 is 0 Å². The van der Waals surface area contributed by atoms with Crippen molar-refractivity contribution in [3.8, 4) is 5.88 Å². The molecule has 1 amide bonds. The number of benzene rings is 1. The van der Waals surface area contributed by atoms with Crippen molar-refractivity contribution in [2.24, 2.45) is 0 Å². The SMILES string of the molecule is COc1ccc(CN(Cc2ncccn2)C(=O)c2ccc3nc(N)c(C)cc3c2)cn1. The Morgan fingerprint density at radius 3 is 2.58 bits per heavy atom. The summed E-state index contributed by atoms with van der Waals surface area (Å²) in [6.07, 6.45) is 5.02. The third-order valence-electron chi connectivity index (χ3n) is 4.91. The van der Waals surface area contributed by atoms with Crippen LogP contribution in [-0.2, 0) is 13.1 Å². The number of ether oxygens (including phenoxy) is 1. The molecule has 0 saturated heterocycles. The summed E-state index contributed by atoms with van der Waals surface area (Å²) in [6.45, 7) is 2.51. The third-order valence-corrected chi connectivity index (χ3v) is 4.91. The quantitative estimate of drug-likeness (QED) is 0.516. The lowest BCUT2D eigenvalue weighted by Crippen LogP contribution is -2.31. The number of nitrogen functional groups attached to an aromatic ring is 1. The average molecular weight is 414 g/mol. The number of hydrogen-bond donors (Lipinski definition) is 1. The fourth-order valence-corrected chi connectivity index (χ4v) is 3.24. The number of fused-ring (bicyclic) bond motifs is 1. The maximum absolute atomic E-state index is 13.5. The molecule has 0 spiro atoms. The Kier molecular flexibility index (Phi) is 5.70. The molecule has 156 valence electrons. The van der Waals surface area contributed by atoms with Crippen LogP contribution in [0.15, 0.2) is 61.1 Å². The maximum Gasteiger partial charge on any atom is 0.254 e. The lowest BCUT2D eigenvalue weighted by atomic mass is 10.1. The smallest absolute Gasteiger partial charge is 0.254 e. The van der Waals surface area contributed by atoms with Crippen molar-refractivity contribution in [1.82, 2.24) is 24.8 Å². The third kappa shape index (κ3) is 4.58. The van der Waals surface area contributed by atoms with Gasteiger partial charge in [-0.05, 0) is 48.4 Å². The molecule has 2 N–H and O–H groups in total. The Morgan fingerprint density at radius 2 is 1.87 bits per heavy atom. The van der Waals surface area contributed by atoms with Crippen LogP contribution in [0, 0.1) is 6.92 Å². The van der Waals surface area contributed by atoms with Crippen molar-refractivity contribution in [3.63, 3.8) is 0 Å². The average Bonchev–Trinajstić information content (AvgIpc) is 2.80. The Balaban J connectivity index is 1.66. The molecule has 31 heavy (non-hydrogen) atoms. The van der Waals surface area contributed by atoms with Crippen molar-refractivity contribution in [2.75, 3.05) is 12.8 Å². The Labute approximate surface area is 179 Å². The molecular weight excluding hydrogens is 392 g/mol. The molecule has 3 heterocycles. The van der Waals surface area contributed by atoms with E-state index in [0.29, 0.717) is 29.6 Å². The molecule has 0 aliphatic carbocycles. The molecule has 4 rings (SSSR count). The van der Waals surface area contributed by atoms with Crippen LogP contribution in [-0.4, -0.2) is 37.9 Å². The highest BCUT2D eigenvalue weighted by molar-refractivity contribution is 5.98. The van der Waals surface area contributed by atoms with E-state index in [1.807, 2.05) is 31.2 Å². The van der Waals surface area contributed by atoms with Gasteiger partial charge in [-0.25, -0.2) is 19.9 Å². The Morgan fingerprint density at radius 1 is 1.06 bits per heavy atom. The van der Waals surface area contributed by atoms with E-state index in [9.17, 15) is 4.79 Å². The van der Waals surface area contributed by atoms with E-state index < -0.39 is 0 Å². The molecule has 0 aliphatic rings. The number of pyridine rings is 2. The first-order valence-corrected chi connectivity index (χ1v) is 9.74. The standard InChI is InChI=1S/C23H22N6O2/c1-15-10-18-11-17(5-6-19(18)28-22(15)24)23(30)29(14-20-25-8-3-9-26-20)13-16-4-7-21(31-2)27-12-16/h3-12H,13-14H2,1-2H3,(H2,24,28). The van der Waals surface area contributed by atoms with Crippen molar-refractivity contribution in [1.29, 1.82) is 0 Å². The molecular formula is C23H22N6O2. The summed E-state index contributed by atoms with van der Waals surface area (Å²) in [7, 11) is 1.56. The zero-order valence-corrected chi connectivity index (χ0v) is 17.3. The fourth-order valence-electron chi connectivity index (χ4n) is 3.24. The number of carbonyl (C=O) groups is 1. The number of rotatable bonds is 6. The van der Waals surface area contributed by atoms with Crippen molar-refractivity contribution >= 4 is 22.6 Å². The van der Waals surface area contributed by atoms with Crippen molar-refractivity contribution < 1.29 is 9.53 Å². The van der Waals surface area contributed by atoms with Gasteiger partial charge in [-0.3, -0.25) is 4.79 Å². The summed E-state index contributed by atoms with van der Waals surface area (Å²) >= 11 is 0. The topological polar surface area (TPSA) is 107 Å². The predicted octanol–water partition coefficient (Wildman–Crippen LogP) is 3.16. The second kappa shape index (κ2) is 8.74. The minimum atomic E-state index is -0.139. The van der Waals surface area contributed by atoms with Gasteiger partial charge in [-0.15, -0.1) is 0 Å². The zero-order valence-electron chi connectivity index (χ0n) is 17.3. The van der Waals surface area contributed by atoms with Crippen LogP contribution in [0.2, 0.25) is 0 Å². The minimum absolute atomic E-state index is 0.139. The summed E-state index contributed by atoms with van der Waals surface area (Å²) in [6, 6.07) is 12.7. The summed E-state index contributed by atoms with van der Waals surface area (Å²) < 4.78 is 5.12. The lowest BCUT2D eigenvalue weighted by molar-refractivity contribution is 0.0725. The normalized spacial score (nSPS) is 10.8. The van der Waals surface area contributed by atoms with E-state index in [1.54, 1.807) is 48.8 Å². The molecule has 0 radical (unpaired) electrons. The molecule has 0 unspecified atom stereocenters. The second-order valence-corrected chi connectivity index (χ2v) is 7.13. The van der Waals surface area contributed by atoms with Gasteiger partial charge in [0, 0.05) is 42.2 Å². The molecule has 0 aliphatic heterocycles. The van der Waals surface area contributed by atoms with Crippen LogP contribution in [0.5, 0.6) is 5.88 Å². The first-order chi connectivity index (χ1) is 15.0. The predicted molar refractivity (Wildman–Crippen MR) is 117 cm³/mol. The minimum Gasteiger partial charge on any atom is -0.481 e. The molecule has 0 saturated carbocycles. The van der Waals surface area contributed by atoms with Crippen LogP contribution >= 0.6 is 0 Å². The van der Waals surface area contributed by atoms with Crippen LogP contribution in [0.25, 0.3) is 10.9 Å². The monoisotopic (exact) mass is 414 g/mol. The van der Waals surface area contributed by atoms with Gasteiger partial charge in [-0.1, -0.05) is 6.07 Å². The molecule has 0 atom stereocenters. The maximum atomic E-state index is 13.5. The molecule has 8 nitrogen and oxygen atoms in total. The number of aryl methyl sites for hydroxylation is 1. The van der Waals surface area contributed by atoms with Gasteiger partial charge in [0.1, 0.15) is 11.6 Å². The van der Waals surface area contributed by atoms with Crippen molar-refractivity contribution in [2.45, 2.75) is 20.0 Å². The summed E-state index contributed by atoms with van der Waals surface area (Å²) in [4.78, 5) is 32.3. The molecule has 0 fully saturated rings. The largest absolute Gasteiger partial charge is 0.481 e. The summed E-state index contributed by atoms with van der Waals surface area (Å²) in [5.74, 6) is 1.43. The highest BCUT2D eigenvalue weighted by Gasteiger charge is 2.19. The molecule has 8 heteroatoms. The Bertz CT molecular complexity index is 1210. The number of amides is 1. The van der Waals surface area contributed by atoms with Gasteiger partial charge < -0.3 is 15.4 Å². The van der Waals surface area contributed by atoms with E-state index in [0.717, 1.165) is 22.0 Å². The van der Waals surface area contributed by atoms with Crippen LogP contribution < -0.4 is 10.5 Å². The highest BCUT2D eigenvalue weighted by atomic mass is 16.5. The van der Waals surface area contributed by atoms with Crippen LogP contribution in [0.4, 0.5) is 5.82 Å². The first-order valence-electron chi connectivity index (χ1n) is 9.74. The lowest BCUT2D eigenvalue weighted by Gasteiger charge is -2.22. The number of nitrogens with zero attached hydrogens (tertiary/aromatic N) is 5. The summed E-state index contributed by atoms with van der Waals surface area (Å²) in [5.41, 5.74) is 8.95. The van der Waals surface area contributed by atoms with E-state index in [-0.39, 0.29) is 12.5 Å². The van der Waals surface area contributed by atoms with Gasteiger partial charge in [-0.2, -0.15) is 0 Å². The van der Waals surface area contributed by atoms with Gasteiger partial charge in [0.25, 0.3) is 5.91 Å². The number of carbonyl (C=O) groups excluding carboxylic acids is 1. The van der Waals surface area contributed by atoms with Crippen molar-refractivity contribution in [3.05, 3.63) is 83.6 Å². The molecule has 0 bridgehead atoms. The van der Waals surface area contributed by atoms with E-state index in [2.05, 4.69) is 19.9 Å². The molecule has 3 aromatic heterocycles. The zero-order chi connectivity index (χ0) is 21.8. The van der Waals surface area contributed by atoms with Gasteiger partial charge in [0.05, 0.1) is 19.2 Å². The number of anilines is 1. The van der Waals surface area contributed by atoms with E-state index in [1.165, 1.54) is 0 Å². The molecule has 4 aromatic rings. The van der Waals surface area contributed by atoms with Gasteiger partial charge in [0.2, 0.25) is 5.88 Å². The van der Waals surface area contributed by atoms with Gasteiger partial charge in [0.15, 0.2) is 0 Å². The first kappa shape index (κ1) is 20.2. The molecule has 1 aromatic carbocycles. The Hall–Kier alpha value is -4.07. The number of nitrogens with two attached hydrogens (primary N) is 1. The van der Waals surface area contributed by atoms with E-state index in [4.69, 9.17) is 10.5 Å². The van der Waals surface area contributed by atoms with Crippen LogP contribution in [0.3, 0.4) is 0 Å². The van der Waals surface area contributed by atoms with Gasteiger partial charge >= 0.3 is 0 Å². The van der Waals surface area contributed by atoms with Crippen LogP contribution in [0.1, 0.15) is 27.3 Å². The number of hydrogen-bond acceptors (Lipinski definition) is 7. The number of methoxy groups -OCH3 is 1. The second-order valence-electron chi connectivity index (χ2n) is 7.13.